The van der Waals surface area contributed by atoms with Gasteiger partial charge in [0.15, 0.2) is 5.82 Å². The Kier molecular flexibility index (Phi) is 3.23. The van der Waals surface area contributed by atoms with Crippen molar-refractivity contribution in [2.24, 2.45) is 5.73 Å². The Morgan fingerprint density at radius 1 is 1.25 bits per heavy atom. The first-order chi connectivity index (χ1) is 11.6. The molecule has 1 fully saturated rings. The monoisotopic (exact) mass is 321 g/mol. The summed E-state index contributed by atoms with van der Waals surface area (Å²) in [6.45, 7) is 0. The maximum Gasteiger partial charge on any atom is 0.317 e. The van der Waals surface area contributed by atoms with E-state index in [9.17, 15) is 4.79 Å². The van der Waals surface area contributed by atoms with Crippen molar-refractivity contribution >= 4 is 28.6 Å². The second-order valence-electron chi connectivity index (χ2n) is 5.75. The van der Waals surface area contributed by atoms with Gasteiger partial charge in [-0.1, -0.05) is 0 Å². The van der Waals surface area contributed by atoms with Gasteiger partial charge in [-0.2, -0.15) is 0 Å². The molecule has 5 N–H and O–H groups in total. The molecule has 1 aliphatic carbocycles. The van der Waals surface area contributed by atoms with Crippen LogP contribution < -0.4 is 16.8 Å². The van der Waals surface area contributed by atoms with Crippen molar-refractivity contribution in [1.29, 1.82) is 0 Å². The van der Waals surface area contributed by atoms with Crippen LogP contribution in [-0.2, 0) is 0 Å². The Morgan fingerprint density at radius 3 is 2.83 bits per heavy atom. The number of nitrogens with zero attached hydrogens (tertiary/aromatic N) is 4. The molecule has 3 aromatic rings. The number of rotatable bonds is 3. The van der Waals surface area contributed by atoms with E-state index in [0.29, 0.717) is 34.5 Å². The minimum Gasteiger partial charge on any atom is -0.383 e. The highest BCUT2D eigenvalue weighted by Crippen LogP contribution is 2.43. The number of amides is 2. The molecule has 0 aliphatic heterocycles. The summed E-state index contributed by atoms with van der Waals surface area (Å²) >= 11 is 0. The topological polar surface area (TPSA) is 133 Å². The molecular weight excluding hydrogens is 306 g/mol. The van der Waals surface area contributed by atoms with Gasteiger partial charge in [0, 0.05) is 23.3 Å². The van der Waals surface area contributed by atoms with E-state index >= 15 is 0 Å². The van der Waals surface area contributed by atoms with Gasteiger partial charge >= 0.3 is 6.03 Å². The number of primary amides is 1. The summed E-state index contributed by atoms with van der Waals surface area (Å²) in [5, 5.41) is 3.30. The van der Waals surface area contributed by atoms with Gasteiger partial charge in [-0.25, -0.2) is 19.7 Å². The Balaban J connectivity index is 1.82. The standard InChI is InChI=1S/C16H15N7O/c17-14-13-10(8-1-2-8)6-19-7-11(13)21-15(23-14)9-3-4-20-12(5-9)22-16(18)24/h3-8H,1-2H2,(H2,17,21,23)(H3,18,20,22,24). The molecule has 1 saturated carbocycles. The second-order valence-corrected chi connectivity index (χ2v) is 5.75. The van der Waals surface area contributed by atoms with Crippen LogP contribution in [0.25, 0.3) is 22.3 Å². The van der Waals surface area contributed by atoms with Gasteiger partial charge in [0.05, 0.1) is 11.7 Å². The van der Waals surface area contributed by atoms with Crippen LogP contribution in [0, 0.1) is 0 Å². The van der Waals surface area contributed by atoms with Gasteiger partial charge in [-0.3, -0.25) is 10.3 Å². The van der Waals surface area contributed by atoms with Gasteiger partial charge in [0.25, 0.3) is 0 Å². The molecule has 24 heavy (non-hydrogen) atoms. The number of carbonyl (C=O) groups excluding carboxylic acids is 1. The highest BCUT2D eigenvalue weighted by Gasteiger charge is 2.27. The number of anilines is 2. The summed E-state index contributed by atoms with van der Waals surface area (Å²) in [6, 6.07) is 2.70. The van der Waals surface area contributed by atoms with Crippen LogP contribution in [0.2, 0.25) is 0 Å². The Hall–Kier alpha value is -3.29. The van der Waals surface area contributed by atoms with Crippen LogP contribution in [0.3, 0.4) is 0 Å². The number of carbonyl (C=O) groups is 1. The largest absolute Gasteiger partial charge is 0.383 e. The van der Waals surface area contributed by atoms with Crippen molar-refractivity contribution in [3.63, 3.8) is 0 Å². The highest BCUT2D eigenvalue weighted by molar-refractivity contribution is 5.93. The fourth-order valence-corrected chi connectivity index (χ4v) is 2.74. The van der Waals surface area contributed by atoms with Crippen LogP contribution in [0.1, 0.15) is 24.3 Å². The van der Waals surface area contributed by atoms with Gasteiger partial charge < -0.3 is 11.5 Å². The maximum absolute atomic E-state index is 11.0. The van der Waals surface area contributed by atoms with Crippen molar-refractivity contribution in [3.8, 4) is 11.4 Å². The zero-order valence-corrected chi connectivity index (χ0v) is 12.7. The number of nitrogen functional groups attached to an aromatic ring is 1. The molecule has 1 aliphatic rings. The normalized spacial score (nSPS) is 13.8. The van der Waals surface area contributed by atoms with Crippen LogP contribution in [-0.4, -0.2) is 26.0 Å². The molecule has 2 amide bonds. The number of hydrogen-bond acceptors (Lipinski definition) is 6. The number of nitrogens with two attached hydrogens (primary N) is 2. The molecule has 0 radical (unpaired) electrons. The van der Waals surface area contributed by atoms with Crippen LogP contribution in [0.4, 0.5) is 16.4 Å². The molecular formula is C16H15N7O. The van der Waals surface area contributed by atoms with Gasteiger partial charge in [-0.05, 0) is 36.5 Å². The van der Waals surface area contributed by atoms with Gasteiger partial charge in [0.1, 0.15) is 11.6 Å². The minimum absolute atomic E-state index is 0.326. The SMILES string of the molecule is NC(=O)Nc1cc(-c2nc(N)c3c(C4CC4)cncc3n2)ccn1. The lowest BCUT2D eigenvalue weighted by atomic mass is 10.1. The van der Waals surface area contributed by atoms with Crippen molar-refractivity contribution in [2.75, 3.05) is 11.1 Å². The van der Waals surface area contributed by atoms with Gasteiger partial charge in [0.2, 0.25) is 0 Å². The molecule has 120 valence electrons. The third-order valence-electron chi connectivity index (χ3n) is 3.95. The predicted molar refractivity (Wildman–Crippen MR) is 90.2 cm³/mol. The average molecular weight is 321 g/mol. The quantitative estimate of drug-likeness (QED) is 0.676. The van der Waals surface area contributed by atoms with Crippen LogP contribution >= 0.6 is 0 Å². The number of aromatic nitrogens is 4. The van der Waals surface area contributed by atoms with Crippen LogP contribution in [0.5, 0.6) is 0 Å². The second kappa shape index (κ2) is 5.41. The summed E-state index contributed by atoms with van der Waals surface area (Å²) in [5.41, 5.74) is 13.8. The fourth-order valence-electron chi connectivity index (χ4n) is 2.74. The van der Waals surface area contributed by atoms with Crippen molar-refractivity contribution < 1.29 is 4.79 Å². The summed E-state index contributed by atoms with van der Waals surface area (Å²) in [6.07, 6.45) is 7.37. The molecule has 4 rings (SSSR count). The van der Waals surface area contributed by atoms with Crippen molar-refractivity contribution in [2.45, 2.75) is 18.8 Å². The summed E-state index contributed by atoms with van der Waals surface area (Å²) in [7, 11) is 0. The molecule has 0 bridgehead atoms. The number of urea groups is 1. The number of nitrogens with one attached hydrogen (secondary N) is 1. The zero-order valence-electron chi connectivity index (χ0n) is 12.7. The molecule has 8 nitrogen and oxygen atoms in total. The predicted octanol–water partition coefficient (Wildman–Crippen LogP) is 2.04. The average Bonchev–Trinajstić information content (AvgIpc) is 3.38. The number of pyridine rings is 2. The van der Waals surface area contributed by atoms with E-state index in [2.05, 4.69) is 25.3 Å². The molecule has 0 aromatic carbocycles. The lowest BCUT2D eigenvalue weighted by Crippen LogP contribution is -2.19. The summed E-state index contributed by atoms with van der Waals surface area (Å²) < 4.78 is 0. The molecule has 0 spiro atoms. The van der Waals surface area contributed by atoms with Crippen LogP contribution in [0.15, 0.2) is 30.7 Å². The molecule has 0 atom stereocenters. The Labute approximate surface area is 137 Å². The van der Waals surface area contributed by atoms with E-state index < -0.39 is 6.03 Å². The first-order valence-electron chi connectivity index (χ1n) is 7.56. The Morgan fingerprint density at radius 2 is 2.08 bits per heavy atom. The molecule has 0 unspecified atom stereocenters. The zero-order chi connectivity index (χ0) is 16.7. The lowest BCUT2D eigenvalue weighted by Gasteiger charge is -2.09. The molecule has 3 heterocycles. The van der Waals surface area contributed by atoms with Crippen molar-refractivity contribution in [3.05, 3.63) is 36.3 Å². The number of hydrogen-bond donors (Lipinski definition) is 3. The van der Waals surface area contributed by atoms with Crippen molar-refractivity contribution in [1.82, 2.24) is 19.9 Å². The summed E-state index contributed by atoms with van der Waals surface area (Å²) in [5.74, 6) is 1.71. The fraction of sp³-hybridized carbons (Fsp3) is 0.188. The molecule has 8 heteroatoms. The Bertz CT molecular complexity index is 952. The van der Waals surface area contributed by atoms with Gasteiger partial charge in [-0.15, -0.1) is 0 Å². The lowest BCUT2D eigenvalue weighted by molar-refractivity contribution is 0.259. The van der Waals surface area contributed by atoms with E-state index in [-0.39, 0.29) is 0 Å². The first-order valence-corrected chi connectivity index (χ1v) is 7.56. The third kappa shape index (κ3) is 2.58. The number of fused-ring (bicyclic) bond motifs is 1. The van der Waals surface area contributed by atoms with E-state index in [1.54, 1.807) is 24.5 Å². The smallest absolute Gasteiger partial charge is 0.317 e. The van der Waals surface area contributed by atoms with E-state index in [1.165, 1.54) is 0 Å². The molecule has 3 aromatic heterocycles. The minimum atomic E-state index is -0.683. The summed E-state index contributed by atoms with van der Waals surface area (Å²) in [4.78, 5) is 28.3. The van der Waals surface area contributed by atoms with E-state index in [0.717, 1.165) is 23.8 Å². The maximum atomic E-state index is 11.0. The van der Waals surface area contributed by atoms with E-state index in [1.807, 2.05) is 6.20 Å². The highest BCUT2D eigenvalue weighted by atomic mass is 16.2. The first kappa shape index (κ1) is 14.3. The van der Waals surface area contributed by atoms with E-state index in [4.69, 9.17) is 11.5 Å². The molecule has 0 saturated heterocycles. The third-order valence-corrected chi connectivity index (χ3v) is 3.95.